The van der Waals surface area contributed by atoms with Crippen molar-refractivity contribution >= 4 is 54.0 Å². The summed E-state index contributed by atoms with van der Waals surface area (Å²) in [5.41, 5.74) is 0. The molecule has 0 aliphatic rings. The zero-order valence-corrected chi connectivity index (χ0v) is 16.1. The first-order chi connectivity index (χ1) is 9.61. The zero-order chi connectivity index (χ0) is 16.0. The van der Waals surface area contributed by atoms with Crippen LogP contribution in [0.15, 0.2) is 48.5 Å². The number of aliphatic hydroxyl groups excluding tert-OH is 1. The molecule has 0 saturated heterocycles. The van der Waals surface area contributed by atoms with E-state index in [2.05, 4.69) is 85.8 Å². The van der Waals surface area contributed by atoms with E-state index in [4.69, 9.17) is 10.2 Å². The fourth-order valence-corrected chi connectivity index (χ4v) is 1.13. The van der Waals surface area contributed by atoms with Crippen LogP contribution in [0.2, 0.25) is 0 Å². The molecule has 2 aromatic rings. The Kier molecular flexibility index (Phi) is 16.4. The molecule has 0 heterocycles. The van der Waals surface area contributed by atoms with Crippen LogP contribution in [0.4, 0.5) is 0 Å². The lowest BCUT2D eigenvalue weighted by atomic mass is 10.1. The number of carboxylic acid groups (broad SMARTS) is 1. The van der Waals surface area contributed by atoms with Gasteiger partial charge in [-0.3, -0.25) is 0 Å². The monoisotopic (exact) mass is 502 g/mol. The van der Waals surface area contributed by atoms with Gasteiger partial charge in [-0.15, -0.1) is 0 Å². The number of aliphatic carboxylic acids is 1. The Morgan fingerprint density at radius 1 is 0.950 bits per heavy atom. The van der Waals surface area contributed by atoms with E-state index in [1.165, 1.54) is 17.7 Å². The molecule has 0 amide bonds. The molecule has 2 rings (SSSR count). The second-order valence-electron chi connectivity index (χ2n) is 3.36. The number of aliphatic hydroxyl groups is 1. The fraction of sp³-hybridized carbons (Fsp3) is 0.267. The first-order valence-electron chi connectivity index (χ1n) is 6.10. The number of carboxylic acids is 1. The molecule has 0 radical (unpaired) electrons. The maximum absolute atomic E-state index is 9.45. The minimum Gasteiger partial charge on any atom is -0.479 e. The van der Waals surface area contributed by atoms with Gasteiger partial charge in [-0.1, -0.05) is 62.4 Å². The molecule has 1 atom stereocenters. The number of carbonyl (C=O) groups is 1. The summed E-state index contributed by atoms with van der Waals surface area (Å²) in [5.74, 6) is -1.19. The maximum atomic E-state index is 9.45. The zero-order valence-electron chi connectivity index (χ0n) is 11.8. The Bertz CT molecular complexity index is 408. The quantitative estimate of drug-likeness (QED) is 0.535. The fourth-order valence-electron chi connectivity index (χ4n) is 1.13. The molecule has 112 valence electrons. The van der Waals surface area contributed by atoms with Gasteiger partial charge in [0.2, 0.25) is 0 Å². The Morgan fingerprint density at radius 3 is 1.30 bits per heavy atom. The van der Waals surface area contributed by atoms with E-state index in [1.807, 2.05) is 13.8 Å². The van der Waals surface area contributed by atoms with Gasteiger partial charge in [-0.2, -0.15) is 0 Å². The second kappa shape index (κ2) is 15.0. The summed E-state index contributed by atoms with van der Waals surface area (Å²) in [7, 11) is 0. The minimum absolute atomic E-state index is 1.19. The van der Waals surface area contributed by atoms with Gasteiger partial charge < -0.3 is 10.2 Å². The van der Waals surface area contributed by atoms with Crippen LogP contribution in [-0.2, 0) is 4.79 Å². The topological polar surface area (TPSA) is 57.5 Å². The van der Waals surface area contributed by atoms with Crippen molar-refractivity contribution in [3.05, 3.63) is 48.5 Å². The molecular weight excluding hydrogens is 482 g/mol. The van der Waals surface area contributed by atoms with Crippen LogP contribution in [0.25, 0.3) is 10.8 Å². The second-order valence-corrected chi connectivity index (χ2v) is 3.36. The average molecular weight is 502 g/mol. The number of hydrogen-bond donors (Lipinski definition) is 2. The molecule has 2 aromatic carbocycles. The van der Waals surface area contributed by atoms with Crippen LogP contribution in [0.5, 0.6) is 0 Å². The van der Waals surface area contributed by atoms with Crippen molar-refractivity contribution in [2.45, 2.75) is 26.9 Å². The molecular formula is C15H20I2O3. The molecule has 0 saturated carbocycles. The number of rotatable bonds is 1. The van der Waals surface area contributed by atoms with Gasteiger partial charge in [0, 0.05) is 37.2 Å². The molecule has 0 spiro atoms. The average Bonchev–Trinajstić information content (AvgIpc) is 2.52. The van der Waals surface area contributed by atoms with Crippen molar-refractivity contribution in [1.29, 1.82) is 0 Å². The van der Waals surface area contributed by atoms with Crippen molar-refractivity contribution < 1.29 is 15.0 Å². The maximum Gasteiger partial charge on any atom is 0.332 e. The van der Waals surface area contributed by atoms with Crippen molar-refractivity contribution in [1.82, 2.24) is 0 Å². The van der Waals surface area contributed by atoms with Crippen molar-refractivity contribution in [3.63, 3.8) is 0 Å². The molecule has 0 bridgehead atoms. The van der Waals surface area contributed by atoms with Crippen molar-refractivity contribution in [3.8, 4) is 0 Å². The summed E-state index contributed by atoms with van der Waals surface area (Å²) in [6.07, 6.45) is -1.23. The summed E-state index contributed by atoms with van der Waals surface area (Å²) in [4.78, 5) is 9.45. The predicted octanol–water partition coefficient (Wildman–Crippen LogP) is 5.09. The summed E-state index contributed by atoms with van der Waals surface area (Å²) in [6, 6.07) is 16.7. The molecule has 5 heteroatoms. The van der Waals surface area contributed by atoms with Crippen LogP contribution >= 0.6 is 37.2 Å². The third-order valence-corrected chi connectivity index (χ3v) is 2.02. The van der Waals surface area contributed by atoms with Crippen LogP contribution in [-0.4, -0.2) is 22.3 Å². The lowest BCUT2D eigenvalue weighted by Crippen LogP contribution is -2.13. The predicted molar refractivity (Wildman–Crippen MR) is 103 cm³/mol. The van der Waals surface area contributed by atoms with E-state index in [0.29, 0.717) is 0 Å². The van der Waals surface area contributed by atoms with Gasteiger partial charge in [-0.25, -0.2) is 4.79 Å². The van der Waals surface area contributed by atoms with Crippen molar-refractivity contribution in [2.75, 3.05) is 0 Å². The van der Waals surface area contributed by atoms with Crippen LogP contribution in [0, 0.1) is 0 Å². The summed E-state index contributed by atoms with van der Waals surface area (Å²) in [6.45, 7) is 5.20. The largest absolute Gasteiger partial charge is 0.479 e. The van der Waals surface area contributed by atoms with Crippen LogP contribution < -0.4 is 0 Å². The van der Waals surface area contributed by atoms with Gasteiger partial charge in [0.25, 0.3) is 0 Å². The van der Waals surface area contributed by atoms with Gasteiger partial charge in [0.05, 0.1) is 0 Å². The number of fused-ring (bicyclic) bond motifs is 1. The lowest BCUT2D eigenvalue weighted by Gasteiger charge is -1.92. The van der Waals surface area contributed by atoms with Crippen molar-refractivity contribution in [2.24, 2.45) is 0 Å². The molecule has 20 heavy (non-hydrogen) atoms. The van der Waals surface area contributed by atoms with Gasteiger partial charge in [0.15, 0.2) is 0 Å². The molecule has 0 aliphatic carbocycles. The Labute approximate surface area is 143 Å². The van der Waals surface area contributed by atoms with Crippen LogP contribution in [0.1, 0.15) is 20.8 Å². The molecule has 0 fully saturated rings. The van der Waals surface area contributed by atoms with E-state index >= 15 is 0 Å². The van der Waals surface area contributed by atoms with E-state index < -0.39 is 12.1 Å². The Balaban J connectivity index is 0. The molecule has 2 N–H and O–H groups in total. The summed E-state index contributed by atoms with van der Waals surface area (Å²) < 4.78 is 0. The SMILES string of the molecule is CC.CC(O)C(=O)O.II.c1ccc2ccccc2c1. The molecule has 0 aromatic heterocycles. The van der Waals surface area contributed by atoms with E-state index in [0.717, 1.165) is 0 Å². The molecule has 0 aliphatic heterocycles. The Hall–Kier alpha value is -0.410. The van der Waals surface area contributed by atoms with E-state index in [-0.39, 0.29) is 0 Å². The molecule has 1 unspecified atom stereocenters. The smallest absolute Gasteiger partial charge is 0.332 e. The number of halogens is 2. The third-order valence-electron chi connectivity index (χ3n) is 2.02. The van der Waals surface area contributed by atoms with Gasteiger partial charge in [-0.05, 0) is 17.7 Å². The number of benzene rings is 2. The molecule has 3 nitrogen and oxygen atoms in total. The minimum atomic E-state index is -1.23. The highest BCUT2D eigenvalue weighted by atomic mass is 128. The standard InChI is InChI=1S/C10H8.C3H6O3.C2H6.I2/c1-2-6-10-8-4-3-7-9(10)5-1;1-2(4)3(5)6;2*1-2/h1-8H;2,4H,1H3,(H,5,6);1-2H3;. The number of hydrogen-bond acceptors (Lipinski definition) is 2. The van der Waals surface area contributed by atoms with Crippen LogP contribution in [0.3, 0.4) is 0 Å². The van der Waals surface area contributed by atoms with Gasteiger partial charge in [0.1, 0.15) is 6.10 Å². The highest BCUT2D eigenvalue weighted by molar-refractivity contribution is 15.0. The summed E-state index contributed by atoms with van der Waals surface area (Å²) in [5, 5.41) is 18.4. The third kappa shape index (κ3) is 10.4. The first-order valence-corrected chi connectivity index (χ1v) is 12.4. The first kappa shape index (κ1) is 21.9. The highest BCUT2D eigenvalue weighted by Crippen LogP contribution is 2.11. The van der Waals surface area contributed by atoms with Gasteiger partial charge >= 0.3 is 5.97 Å². The lowest BCUT2D eigenvalue weighted by molar-refractivity contribution is -0.145. The summed E-state index contributed by atoms with van der Waals surface area (Å²) >= 11 is 4.24. The Morgan fingerprint density at radius 2 is 1.15 bits per heavy atom. The highest BCUT2D eigenvalue weighted by Gasteiger charge is 2.01. The van der Waals surface area contributed by atoms with E-state index in [9.17, 15) is 4.79 Å². The van der Waals surface area contributed by atoms with E-state index in [1.54, 1.807) is 0 Å². The normalized spacial score (nSPS) is 9.70.